The van der Waals surface area contributed by atoms with E-state index in [9.17, 15) is 0 Å². The molecule has 0 amide bonds. The van der Waals surface area contributed by atoms with Crippen LogP contribution in [0.25, 0.3) is 0 Å². The van der Waals surface area contributed by atoms with E-state index in [0.717, 1.165) is 21.8 Å². The molecular formula is C14H18BrN5. The minimum atomic E-state index is 0.0782. The van der Waals surface area contributed by atoms with E-state index < -0.39 is 0 Å². The number of nitrogens with two attached hydrogens (primary N) is 1. The lowest BCUT2D eigenvalue weighted by molar-refractivity contribution is 0.777. The highest BCUT2D eigenvalue weighted by atomic mass is 79.9. The Bertz CT molecular complexity index is 586. The standard InChI is InChI=1S/C14H18BrN5/c1-9-3-4-11(5-12(9)15)20-14-6-13(18-8-19-14)17-7-10(2)16/h3-6,8,10H,7,16H2,1-2H3,(H2,17,18,19,20). The van der Waals surface area contributed by atoms with Gasteiger partial charge in [0.1, 0.15) is 18.0 Å². The monoisotopic (exact) mass is 335 g/mol. The Balaban J connectivity index is 2.08. The van der Waals surface area contributed by atoms with Crippen molar-refractivity contribution in [2.75, 3.05) is 17.2 Å². The molecule has 106 valence electrons. The van der Waals surface area contributed by atoms with Crippen molar-refractivity contribution in [3.05, 3.63) is 40.6 Å². The van der Waals surface area contributed by atoms with Crippen LogP contribution in [-0.2, 0) is 0 Å². The van der Waals surface area contributed by atoms with E-state index in [2.05, 4.69) is 43.5 Å². The van der Waals surface area contributed by atoms with Gasteiger partial charge in [-0.2, -0.15) is 0 Å². The molecule has 0 fully saturated rings. The molecule has 0 aliphatic rings. The molecule has 2 rings (SSSR count). The smallest absolute Gasteiger partial charge is 0.135 e. The molecular weight excluding hydrogens is 318 g/mol. The molecule has 2 aromatic rings. The van der Waals surface area contributed by atoms with Gasteiger partial charge in [0.05, 0.1) is 0 Å². The highest BCUT2D eigenvalue weighted by Crippen LogP contribution is 2.23. The zero-order valence-electron chi connectivity index (χ0n) is 11.5. The van der Waals surface area contributed by atoms with Crippen molar-refractivity contribution in [2.45, 2.75) is 19.9 Å². The van der Waals surface area contributed by atoms with Crippen LogP contribution in [0.5, 0.6) is 0 Å². The van der Waals surface area contributed by atoms with Crippen LogP contribution in [0.2, 0.25) is 0 Å². The minimum absolute atomic E-state index is 0.0782. The molecule has 5 nitrogen and oxygen atoms in total. The molecule has 0 saturated heterocycles. The molecule has 1 unspecified atom stereocenters. The average molecular weight is 336 g/mol. The van der Waals surface area contributed by atoms with Gasteiger partial charge in [0.15, 0.2) is 0 Å². The Kier molecular flexibility index (Phi) is 4.92. The van der Waals surface area contributed by atoms with Crippen molar-refractivity contribution in [1.29, 1.82) is 0 Å². The van der Waals surface area contributed by atoms with Gasteiger partial charge in [0, 0.05) is 28.8 Å². The number of benzene rings is 1. The molecule has 0 spiro atoms. The molecule has 1 aromatic heterocycles. The molecule has 0 aliphatic heterocycles. The summed E-state index contributed by atoms with van der Waals surface area (Å²) in [6.07, 6.45) is 1.52. The predicted molar refractivity (Wildman–Crippen MR) is 86.3 cm³/mol. The second-order valence-corrected chi connectivity index (χ2v) is 5.59. The summed E-state index contributed by atoms with van der Waals surface area (Å²) in [5, 5.41) is 6.41. The first-order chi connectivity index (χ1) is 9.54. The van der Waals surface area contributed by atoms with Crippen molar-refractivity contribution in [1.82, 2.24) is 9.97 Å². The Labute approximate surface area is 127 Å². The van der Waals surface area contributed by atoms with E-state index in [1.165, 1.54) is 11.9 Å². The molecule has 0 aliphatic carbocycles. The Morgan fingerprint density at radius 3 is 2.70 bits per heavy atom. The number of hydrogen-bond donors (Lipinski definition) is 3. The number of aryl methyl sites for hydroxylation is 1. The van der Waals surface area contributed by atoms with Gasteiger partial charge in [-0.25, -0.2) is 9.97 Å². The quantitative estimate of drug-likeness (QED) is 0.782. The summed E-state index contributed by atoms with van der Waals surface area (Å²) in [5.41, 5.74) is 7.87. The van der Waals surface area contributed by atoms with Crippen LogP contribution in [0.3, 0.4) is 0 Å². The van der Waals surface area contributed by atoms with Crippen LogP contribution in [-0.4, -0.2) is 22.6 Å². The highest BCUT2D eigenvalue weighted by Gasteiger charge is 2.02. The highest BCUT2D eigenvalue weighted by molar-refractivity contribution is 9.10. The third-order valence-corrected chi connectivity index (χ3v) is 3.57. The van der Waals surface area contributed by atoms with Gasteiger partial charge in [0.25, 0.3) is 0 Å². The number of aromatic nitrogens is 2. The fourth-order valence-electron chi connectivity index (χ4n) is 1.61. The van der Waals surface area contributed by atoms with Gasteiger partial charge in [-0.3, -0.25) is 0 Å². The fourth-order valence-corrected chi connectivity index (χ4v) is 1.99. The summed E-state index contributed by atoms with van der Waals surface area (Å²) in [6, 6.07) is 8.01. The Morgan fingerprint density at radius 2 is 2.00 bits per heavy atom. The summed E-state index contributed by atoms with van der Waals surface area (Å²) in [7, 11) is 0. The molecule has 20 heavy (non-hydrogen) atoms. The second-order valence-electron chi connectivity index (χ2n) is 4.74. The molecule has 0 radical (unpaired) electrons. The fraction of sp³-hybridized carbons (Fsp3) is 0.286. The summed E-state index contributed by atoms with van der Waals surface area (Å²) in [6.45, 7) is 4.66. The predicted octanol–water partition coefficient (Wildman–Crippen LogP) is 3.05. The van der Waals surface area contributed by atoms with Crippen molar-refractivity contribution in [2.24, 2.45) is 5.73 Å². The van der Waals surface area contributed by atoms with Gasteiger partial charge >= 0.3 is 0 Å². The van der Waals surface area contributed by atoms with Crippen molar-refractivity contribution in [3.8, 4) is 0 Å². The van der Waals surface area contributed by atoms with E-state index >= 15 is 0 Å². The SMILES string of the molecule is Cc1ccc(Nc2cc(NCC(C)N)ncn2)cc1Br. The van der Waals surface area contributed by atoms with E-state index in [0.29, 0.717) is 6.54 Å². The minimum Gasteiger partial charge on any atom is -0.368 e. The third kappa shape index (κ3) is 4.18. The molecule has 1 aromatic carbocycles. The van der Waals surface area contributed by atoms with Crippen molar-refractivity contribution < 1.29 is 0 Å². The van der Waals surface area contributed by atoms with Gasteiger partial charge in [-0.05, 0) is 31.5 Å². The second kappa shape index (κ2) is 6.67. The van der Waals surface area contributed by atoms with Gasteiger partial charge < -0.3 is 16.4 Å². The van der Waals surface area contributed by atoms with E-state index in [1.54, 1.807) is 0 Å². The molecule has 6 heteroatoms. The number of anilines is 3. The summed E-state index contributed by atoms with van der Waals surface area (Å²) in [5.74, 6) is 1.49. The van der Waals surface area contributed by atoms with Crippen LogP contribution in [0, 0.1) is 6.92 Å². The first-order valence-electron chi connectivity index (χ1n) is 6.39. The van der Waals surface area contributed by atoms with Crippen LogP contribution in [0.1, 0.15) is 12.5 Å². The third-order valence-electron chi connectivity index (χ3n) is 2.72. The van der Waals surface area contributed by atoms with Crippen LogP contribution < -0.4 is 16.4 Å². The number of nitrogens with zero attached hydrogens (tertiary/aromatic N) is 2. The van der Waals surface area contributed by atoms with Crippen LogP contribution in [0.4, 0.5) is 17.3 Å². The number of nitrogens with one attached hydrogen (secondary N) is 2. The molecule has 0 bridgehead atoms. The molecule has 1 atom stereocenters. The van der Waals surface area contributed by atoms with Crippen LogP contribution in [0.15, 0.2) is 35.1 Å². The molecule has 0 saturated carbocycles. The largest absolute Gasteiger partial charge is 0.368 e. The maximum absolute atomic E-state index is 5.71. The summed E-state index contributed by atoms with van der Waals surface area (Å²) in [4.78, 5) is 8.36. The molecule has 1 heterocycles. The maximum Gasteiger partial charge on any atom is 0.135 e. The van der Waals surface area contributed by atoms with Crippen LogP contribution >= 0.6 is 15.9 Å². The van der Waals surface area contributed by atoms with E-state index in [-0.39, 0.29) is 6.04 Å². The first kappa shape index (κ1) is 14.7. The van der Waals surface area contributed by atoms with Gasteiger partial charge in [-0.1, -0.05) is 22.0 Å². The van der Waals surface area contributed by atoms with Gasteiger partial charge in [-0.15, -0.1) is 0 Å². The Morgan fingerprint density at radius 1 is 1.25 bits per heavy atom. The lowest BCUT2D eigenvalue weighted by Crippen LogP contribution is -2.25. The number of halogens is 1. The topological polar surface area (TPSA) is 75.9 Å². The zero-order chi connectivity index (χ0) is 14.5. The maximum atomic E-state index is 5.71. The zero-order valence-corrected chi connectivity index (χ0v) is 13.1. The summed E-state index contributed by atoms with van der Waals surface area (Å²) < 4.78 is 1.06. The summed E-state index contributed by atoms with van der Waals surface area (Å²) >= 11 is 3.52. The average Bonchev–Trinajstić information content (AvgIpc) is 2.41. The lowest BCUT2D eigenvalue weighted by atomic mass is 10.2. The lowest BCUT2D eigenvalue weighted by Gasteiger charge is -2.10. The first-order valence-corrected chi connectivity index (χ1v) is 7.18. The van der Waals surface area contributed by atoms with Crippen molar-refractivity contribution in [3.63, 3.8) is 0 Å². The van der Waals surface area contributed by atoms with Gasteiger partial charge in [0.2, 0.25) is 0 Å². The van der Waals surface area contributed by atoms with Crippen molar-refractivity contribution >= 4 is 33.3 Å². The number of rotatable bonds is 5. The molecule has 4 N–H and O–H groups in total. The van der Waals surface area contributed by atoms with E-state index in [4.69, 9.17) is 5.73 Å². The Hall–Kier alpha value is -1.66. The number of hydrogen-bond acceptors (Lipinski definition) is 5. The normalized spacial score (nSPS) is 12.0. The van der Waals surface area contributed by atoms with E-state index in [1.807, 2.05) is 31.2 Å².